The highest BCUT2D eigenvalue weighted by molar-refractivity contribution is 7.91. The van der Waals surface area contributed by atoms with Gasteiger partial charge < -0.3 is 5.32 Å². The first kappa shape index (κ1) is 20.7. The monoisotopic (exact) mass is 429 g/mol. The van der Waals surface area contributed by atoms with E-state index in [2.05, 4.69) is 15.6 Å². The first-order valence-corrected chi connectivity index (χ1v) is 11.3. The molecule has 0 radical (unpaired) electrons. The van der Waals surface area contributed by atoms with E-state index in [0.717, 1.165) is 5.56 Å². The van der Waals surface area contributed by atoms with Gasteiger partial charge in [-0.1, -0.05) is 31.2 Å². The van der Waals surface area contributed by atoms with E-state index in [9.17, 15) is 18.0 Å². The van der Waals surface area contributed by atoms with Crippen molar-refractivity contribution in [1.29, 1.82) is 0 Å². The molecule has 0 aliphatic rings. The van der Waals surface area contributed by atoms with Crippen LogP contribution < -0.4 is 10.6 Å². The Hall–Kier alpha value is -3.04. The third-order valence-electron chi connectivity index (χ3n) is 4.07. The lowest BCUT2D eigenvalue weighted by molar-refractivity contribution is -0.114. The first-order chi connectivity index (χ1) is 13.8. The van der Waals surface area contributed by atoms with Gasteiger partial charge in [0.25, 0.3) is 5.91 Å². The van der Waals surface area contributed by atoms with Crippen LogP contribution in [0.15, 0.2) is 58.8 Å². The zero-order valence-corrected chi connectivity index (χ0v) is 17.4. The van der Waals surface area contributed by atoms with Crippen molar-refractivity contribution in [3.8, 4) is 11.3 Å². The van der Waals surface area contributed by atoms with Crippen LogP contribution in [0.2, 0.25) is 0 Å². The molecule has 0 atom stereocenters. The SMILES string of the molecule is CCS(=O)(=O)c1ccccc1C(=O)Nc1nc(-c2ccc(NC(C)=O)cc2)cs1. The molecule has 29 heavy (non-hydrogen) atoms. The summed E-state index contributed by atoms with van der Waals surface area (Å²) in [6, 6.07) is 13.3. The van der Waals surface area contributed by atoms with Crippen molar-refractivity contribution in [2.45, 2.75) is 18.7 Å². The zero-order valence-electron chi connectivity index (χ0n) is 15.8. The van der Waals surface area contributed by atoms with Crippen LogP contribution in [-0.4, -0.2) is 31.0 Å². The molecule has 1 heterocycles. The van der Waals surface area contributed by atoms with Gasteiger partial charge in [0.05, 0.1) is 21.9 Å². The maximum absolute atomic E-state index is 12.6. The van der Waals surface area contributed by atoms with Crippen LogP contribution in [-0.2, 0) is 14.6 Å². The van der Waals surface area contributed by atoms with Gasteiger partial charge in [0.1, 0.15) is 0 Å². The Balaban J connectivity index is 1.79. The summed E-state index contributed by atoms with van der Waals surface area (Å²) in [4.78, 5) is 28.1. The summed E-state index contributed by atoms with van der Waals surface area (Å²) in [5.41, 5.74) is 2.25. The number of carbonyl (C=O) groups excluding carboxylic acids is 2. The van der Waals surface area contributed by atoms with Gasteiger partial charge in [-0.05, 0) is 24.3 Å². The average Bonchev–Trinajstić information content (AvgIpc) is 3.16. The molecular formula is C20H19N3O4S2. The number of rotatable bonds is 6. The molecule has 1 aromatic heterocycles. The van der Waals surface area contributed by atoms with Gasteiger partial charge in [-0.15, -0.1) is 11.3 Å². The number of sulfone groups is 1. The number of benzene rings is 2. The molecule has 0 aliphatic carbocycles. The van der Waals surface area contributed by atoms with Crippen molar-refractivity contribution in [2.75, 3.05) is 16.4 Å². The molecule has 7 nitrogen and oxygen atoms in total. The highest BCUT2D eigenvalue weighted by atomic mass is 32.2. The Kier molecular flexibility index (Phi) is 6.09. The third-order valence-corrected chi connectivity index (χ3v) is 6.62. The van der Waals surface area contributed by atoms with E-state index in [1.165, 1.54) is 37.3 Å². The molecule has 0 bridgehead atoms. The van der Waals surface area contributed by atoms with Crippen LogP contribution in [0.1, 0.15) is 24.2 Å². The lowest BCUT2D eigenvalue weighted by atomic mass is 10.1. The Bertz CT molecular complexity index is 1150. The fourth-order valence-corrected chi connectivity index (χ4v) is 4.44. The molecule has 2 N–H and O–H groups in total. The van der Waals surface area contributed by atoms with Gasteiger partial charge in [0, 0.05) is 23.6 Å². The van der Waals surface area contributed by atoms with Gasteiger partial charge in [-0.3, -0.25) is 14.9 Å². The molecule has 0 aliphatic heterocycles. The highest BCUT2D eigenvalue weighted by Crippen LogP contribution is 2.27. The van der Waals surface area contributed by atoms with Crippen molar-refractivity contribution in [2.24, 2.45) is 0 Å². The second-order valence-electron chi connectivity index (χ2n) is 6.15. The van der Waals surface area contributed by atoms with Crippen molar-refractivity contribution in [3.05, 3.63) is 59.5 Å². The van der Waals surface area contributed by atoms with Crippen molar-refractivity contribution in [1.82, 2.24) is 4.98 Å². The van der Waals surface area contributed by atoms with Crippen molar-refractivity contribution in [3.63, 3.8) is 0 Å². The van der Waals surface area contributed by atoms with Crippen molar-refractivity contribution >= 4 is 43.8 Å². The topological polar surface area (TPSA) is 105 Å². The zero-order chi connectivity index (χ0) is 21.0. The number of anilines is 2. The van der Waals surface area contributed by atoms with E-state index in [4.69, 9.17) is 0 Å². The van der Waals surface area contributed by atoms with Crippen LogP contribution in [0.25, 0.3) is 11.3 Å². The minimum Gasteiger partial charge on any atom is -0.326 e. The Labute approximate surface area is 172 Å². The Morgan fingerprint density at radius 3 is 2.38 bits per heavy atom. The van der Waals surface area contributed by atoms with Crippen LogP contribution in [0.5, 0.6) is 0 Å². The molecule has 9 heteroatoms. The lowest BCUT2D eigenvalue weighted by Gasteiger charge is -2.08. The summed E-state index contributed by atoms with van der Waals surface area (Å²) in [6.45, 7) is 2.97. The lowest BCUT2D eigenvalue weighted by Crippen LogP contribution is -2.17. The standard InChI is InChI=1S/C20H19N3O4S2/c1-3-29(26,27)18-7-5-4-6-16(18)19(25)23-20-22-17(12-28-20)14-8-10-15(11-9-14)21-13(2)24/h4-12H,3H2,1-2H3,(H,21,24)(H,22,23,25). The Morgan fingerprint density at radius 1 is 1.03 bits per heavy atom. The van der Waals surface area contributed by atoms with Gasteiger partial charge in [0.2, 0.25) is 5.91 Å². The second kappa shape index (κ2) is 8.54. The van der Waals surface area contributed by atoms with E-state index in [1.54, 1.807) is 29.6 Å². The van der Waals surface area contributed by atoms with E-state index in [0.29, 0.717) is 16.5 Å². The van der Waals surface area contributed by atoms with E-state index >= 15 is 0 Å². The van der Waals surface area contributed by atoms with Gasteiger partial charge in [0.15, 0.2) is 15.0 Å². The summed E-state index contributed by atoms with van der Waals surface area (Å²) < 4.78 is 24.5. The molecule has 0 unspecified atom stereocenters. The molecule has 2 aromatic carbocycles. The number of hydrogen-bond donors (Lipinski definition) is 2. The number of nitrogens with one attached hydrogen (secondary N) is 2. The summed E-state index contributed by atoms with van der Waals surface area (Å²) in [6.07, 6.45) is 0. The maximum atomic E-state index is 12.6. The maximum Gasteiger partial charge on any atom is 0.258 e. The normalized spacial score (nSPS) is 11.1. The van der Waals surface area contributed by atoms with Crippen molar-refractivity contribution < 1.29 is 18.0 Å². The smallest absolute Gasteiger partial charge is 0.258 e. The molecular weight excluding hydrogens is 410 g/mol. The van der Waals surface area contributed by atoms with Gasteiger partial charge >= 0.3 is 0 Å². The molecule has 2 amide bonds. The number of amides is 2. The highest BCUT2D eigenvalue weighted by Gasteiger charge is 2.21. The largest absolute Gasteiger partial charge is 0.326 e. The van der Waals surface area contributed by atoms with Crippen LogP contribution >= 0.6 is 11.3 Å². The number of carbonyl (C=O) groups is 2. The number of aromatic nitrogens is 1. The van der Waals surface area contributed by atoms with Crippen LogP contribution in [0.3, 0.4) is 0 Å². The van der Waals surface area contributed by atoms with Crippen LogP contribution in [0.4, 0.5) is 10.8 Å². The number of nitrogens with zero attached hydrogens (tertiary/aromatic N) is 1. The van der Waals surface area contributed by atoms with E-state index in [-0.39, 0.29) is 22.1 Å². The summed E-state index contributed by atoms with van der Waals surface area (Å²) in [5, 5.41) is 7.51. The minimum atomic E-state index is -3.52. The molecule has 0 saturated heterocycles. The second-order valence-corrected chi connectivity index (χ2v) is 9.25. The summed E-state index contributed by atoms with van der Waals surface area (Å²) >= 11 is 1.24. The number of thiazole rings is 1. The minimum absolute atomic E-state index is 0.00494. The molecule has 0 spiro atoms. The van der Waals surface area contributed by atoms with Gasteiger partial charge in [-0.25, -0.2) is 13.4 Å². The third kappa shape index (κ3) is 4.87. The summed E-state index contributed by atoms with van der Waals surface area (Å²) in [5.74, 6) is -0.769. The summed E-state index contributed by atoms with van der Waals surface area (Å²) in [7, 11) is -3.52. The molecule has 3 rings (SSSR count). The predicted molar refractivity (Wildman–Crippen MR) is 114 cm³/mol. The van der Waals surface area contributed by atoms with E-state index < -0.39 is 15.7 Å². The quantitative estimate of drug-likeness (QED) is 0.620. The van der Waals surface area contributed by atoms with E-state index in [1.807, 2.05) is 12.1 Å². The molecule has 0 fully saturated rings. The number of hydrogen-bond acceptors (Lipinski definition) is 6. The molecule has 3 aromatic rings. The Morgan fingerprint density at radius 2 is 1.72 bits per heavy atom. The molecule has 150 valence electrons. The average molecular weight is 430 g/mol. The fraction of sp³-hybridized carbons (Fsp3) is 0.150. The predicted octanol–water partition coefficient (Wildman–Crippen LogP) is 3.81. The van der Waals surface area contributed by atoms with Gasteiger partial charge in [-0.2, -0.15) is 0 Å². The molecule has 0 saturated carbocycles. The fourth-order valence-electron chi connectivity index (χ4n) is 2.64. The first-order valence-electron chi connectivity index (χ1n) is 8.77. The van der Waals surface area contributed by atoms with Crippen LogP contribution in [0, 0.1) is 0 Å².